The van der Waals surface area contributed by atoms with Crippen LogP contribution in [0, 0.1) is 6.92 Å². The average Bonchev–Trinajstić information content (AvgIpc) is 2.88. The molecule has 3 nitrogen and oxygen atoms in total. The normalized spacial score (nSPS) is 14.0. The molecular formula is C14H17N3. The van der Waals surface area contributed by atoms with Gasteiger partial charge in [0, 0.05) is 18.7 Å². The number of aromatic nitrogens is 2. The molecular weight excluding hydrogens is 210 g/mol. The third-order valence-corrected chi connectivity index (χ3v) is 3.71. The van der Waals surface area contributed by atoms with Crippen LogP contribution >= 0.6 is 0 Å². The third kappa shape index (κ3) is 1.54. The number of hydrogen-bond acceptors (Lipinski definition) is 2. The molecule has 0 fully saturated rings. The van der Waals surface area contributed by atoms with Crippen molar-refractivity contribution in [2.75, 3.05) is 5.73 Å². The molecule has 17 heavy (non-hydrogen) atoms. The average molecular weight is 227 g/mol. The van der Waals surface area contributed by atoms with Gasteiger partial charge in [-0.2, -0.15) is 5.10 Å². The van der Waals surface area contributed by atoms with Crippen LogP contribution in [0.3, 0.4) is 0 Å². The minimum absolute atomic E-state index is 0.715. The molecule has 1 aliphatic carbocycles. The number of nitrogens with zero attached hydrogens (tertiary/aromatic N) is 2. The summed E-state index contributed by atoms with van der Waals surface area (Å²) in [5.74, 6) is 0.715. The molecule has 1 aromatic carbocycles. The predicted octanol–water partition coefficient (Wildman–Crippen LogP) is 2.47. The van der Waals surface area contributed by atoms with Gasteiger partial charge in [0.15, 0.2) is 0 Å². The van der Waals surface area contributed by atoms with Crippen molar-refractivity contribution in [1.29, 1.82) is 0 Å². The van der Waals surface area contributed by atoms with Gasteiger partial charge < -0.3 is 5.73 Å². The van der Waals surface area contributed by atoms with E-state index in [1.54, 1.807) is 4.68 Å². The van der Waals surface area contributed by atoms with Crippen LogP contribution in [0.2, 0.25) is 0 Å². The monoisotopic (exact) mass is 227 g/mol. The lowest BCUT2D eigenvalue weighted by molar-refractivity contribution is 0.782. The van der Waals surface area contributed by atoms with Crippen LogP contribution < -0.4 is 5.73 Å². The topological polar surface area (TPSA) is 43.8 Å². The Kier molecular flexibility index (Phi) is 2.21. The standard InChI is InChI=1S/C14H17N3/c1-9-6-7-12(11-5-3-4-10(9)11)13-8-14(15)17(2)16-13/h6-8H,3-5,15H2,1-2H3. The van der Waals surface area contributed by atoms with Crippen molar-refractivity contribution in [2.45, 2.75) is 26.2 Å². The first-order chi connectivity index (χ1) is 8.16. The third-order valence-electron chi connectivity index (χ3n) is 3.71. The van der Waals surface area contributed by atoms with Crippen molar-refractivity contribution in [3.8, 4) is 11.3 Å². The number of fused-ring (bicyclic) bond motifs is 1. The highest BCUT2D eigenvalue weighted by atomic mass is 15.3. The van der Waals surface area contributed by atoms with Gasteiger partial charge in [0.05, 0.1) is 5.69 Å². The first-order valence-corrected chi connectivity index (χ1v) is 6.08. The number of rotatable bonds is 1. The molecule has 0 bridgehead atoms. The smallest absolute Gasteiger partial charge is 0.121 e. The first-order valence-electron chi connectivity index (χ1n) is 6.08. The molecule has 0 aliphatic heterocycles. The SMILES string of the molecule is Cc1ccc(-c2cc(N)n(C)n2)c2c1CCC2. The summed E-state index contributed by atoms with van der Waals surface area (Å²) in [7, 11) is 1.88. The maximum atomic E-state index is 5.85. The Morgan fingerprint density at radius 3 is 2.71 bits per heavy atom. The van der Waals surface area contributed by atoms with E-state index < -0.39 is 0 Å². The second kappa shape index (κ2) is 3.62. The van der Waals surface area contributed by atoms with E-state index in [0.29, 0.717) is 5.82 Å². The second-order valence-electron chi connectivity index (χ2n) is 4.82. The Labute approximate surface area is 101 Å². The van der Waals surface area contributed by atoms with Crippen LogP contribution in [-0.4, -0.2) is 9.78 Å². The summed E-state index contributed by atoms with van der Waals surface area (Å²) in [6.07, 6.45) is 3.63. The summed E-state index contributed by atoms with van der Waals surface area (Å²) in [6.45, 7) is 2.20. The molecule has 2 aromatic rings. The number of aryl methyl sites for hydroxylation is 2. The summed E-state index contributed by atoms with van der Waals surface area (Å²) in [5.41, 5.74) is 12.5. The van der Waals surface area contributed by atoms with Crippen LogP contribution in [0.4, 0.5) is 5.82 Å². The number of nitrogens with two attached hydrogens (primary N) is 1. The lowest BCUT2D eigenvalue weighted by Crippen LogP contribution is -1.97. The maximum Gasteiger partial charge on any atom is 0.121 e. The Balaban J connectivity index is 2.19. The van der Waals surface area contributed by atoms with Gasteiger partial charge >= 0.3 is 0 Å². The Hall–Kier alpha value is -1.77. The molecule has 0 saturated carbocycles. The fraction of sp³-hybridized carbons (Fsp3) is 0.357. The molecule has 3 heteroatoms. The Morgan fingerprint density at radius 1 is 1.24 bits per heavy atom. The molecule has 0 amide bonds. The number of benzene rings is 1. The van der Waals surface area contributed by atoms with Gasteiger partial charge in [0.25, 0.3) is 0 Å². The second-order valence-corrected chi connectivity index (χ2v) is 4.82. The highest BCUT2D eigenvalue weighted by Gasteiger charge is 2.19. The van der Waals surface area contributed by atoms with Crippen molar-refractivity contribution < 1.29 is 0 Å². The largest absolute Gasteiger partial charge is 0.384 e. The van der Waals surface area contributed by atoms with E-state index in [2.05, 4.69) is 24.2 Å². The number of nitrogen functional groups attached to an aromatic ring is 1. The minimum Gasteiger partial charge on any atom is -0.384 e. The predicted molar refractivity (Wildman–Crippen MR) is 69.8 cm³/mol. The van der Waals surface area contributed by atoms with Gasteiger partial charge in [-0.05, 0) is 42.9 Å². The molecule has 1 heterocycles. The van der Waals surface area contributed by atoms with Gasteiger partial charge in [-0.15, -0.1) is 0 Å². The molecule has 0 saturated heterocycles. The van der Waals surface area contributed by atoms with E-state index in [9.17, 15) is 0 Å². The molecule has 1 aromatic heterocycles. The molecule has 2 N–H and O–H groups in total. The van der Waals surface area contributed by atoms with E-state index in [-0.39, 0.29) is 0 Å². The fourth-order valence-electron chi connectivity index (χ4n) is 2.74. The molecule has 0 atom stereocenters. The first kappa shape index (κ1) is 10.4. The van der Waals surface area contributed by atoms with Crippen LogP contribution in [0.1, 0.15) is 23.1 Å². The Bertz CT molecular complexity index is 562. The van der Waals surface area contributed by atoms with E-state index in [1.807, 2.05) is 13.1 Å². The molecule has 0 unspecified atom stereocenters. The quantitative estimate of drug-likeness (QED) is 0.813. The summed E-state index contributed by atoms with van der Waals surface area (Å²) < 4.78 is 1.73. The summed E-state index contributed by atoms with van der Waals surface area (Å²) in [6, 6.07) is 6.34. The highest BCUT2D eigenvalue weighted by molar-refractivity contribution is 5.69. The van der Waals surface area contributed by atoms with Crippen LogP contribution in [0.25, 0.3) is 11.3 Å². The van der Waals surface area contributed by atoms with Crippen LogP contribution in [-0.2, 0) is 19.9 Å². The summed E-state index contributed by atoms with van der Waals surface area (Å²) in [4.78, 5) is 0. The van der Waals surface area contributed by atoms with Gasteiger partial charge in [0.1, 0.15) is 5.82 Å². The van der Waals surface area contributed by atoms with Crippen molar-refractivity contribution in [3.05, 3.63) is 34.9 Å². The molecule has 0 radical (unpaired) electrons. The van der Waals surface area contributed by atoms with Gasteiger partial charge in [0.2, 0.25) is 0 Å². The van der Waals surface area contributed by atoms with E-state index in [1.165, 1.54) is 41.5 Å². The maximum absolute atomic E-state index is 5.85. The molecule has 3 rings (SSSR count). The highest BCUT2D eigenvalue weighted by Crippen LogP contribution is 2.34. The number of hydrogen-bond donors (Lipinski definition) is 1. The summed E-state index contributed by atoms with van der Waals surface area (Å²) >= 11 is 0. The van der Waals surface area contributed by atoms with E-state index in [0.717, 1.165) is 5.69 Å². The van der Waals surface area contributed by atoms with Crippen molar-refractivity contribution in [3.63, 3.8) is 0 Å². The van der Waals surface area contributed by atoms with Gasteiger partial charge in [-0.1, -0.05) is 12.1 Å². The Morgan fingerprint density at radius 2 is 2.00 bits per heavy atom. The van der Waals surface area contributed by atoms with Crippen LogP contribution in [0.5, 0.6) is 0 Å². The van der Waals surface area contributed by atoms with Crippen molar-refractivity contribution >= 4 is 5.82 Å². The van der Waals surface area contributed by atoms with Gasteiger partial charge in [-0.25, -0.2) is 0 Å². The molecule has 0 spiro atoms. The lowest BCUT2D eigenvalue weighted by Gasteiger charge is -2.08. The van der Waals surface area contributed by atoms with Crippen molar-refractivity contribution in [1.82, 2.24) is 9.78 Å². The molecule has 1 aliphatic rings. The van der Waals surface area contributed by atoms with Gasteiger partial charge in [-0.3, -0.25) is 4.68 Å². The lowest BCUT2D eigenvalue weighted by atomic mass is 9.97. The van der Waals surface area contributed by atoms with Crippen LogP contribution in [0.15, 0.2) is 18.2 Å². The van der Waals surface area contributed by atoms with Crippen molar-refractivity contribution in [2.24, 2.45) is 7.05 Å². The zero-order valence-electron chi connectivity index (χ0n) is 10.3. The summed E-state index contributed by atoms with van der Waals surface area (Å²) in [5, 5.41) is 4.48. The zero-order chi connectivity index (χ0) is 12.0. The van der Waals surface area contributed by atoms with E-state index in [4.69, 9.17) is 5.73 Å². The van der Waals surface area contributed by atoms with E-state index >= 15 is 0 Å². The fourth-order valence-corrected chi connectivity index (χ4v) is 2.74. The number of anilines is 1. The molecule has 88 valence electrons. The zero-order valence-corrected chi connectivity index (χ0v) is 10.3. The minimum atomic E-state index is 0.715.